The molecule has 0 spiro atoms. The predicted molar refractivity (Wildman–Crippen MR) is 113 cm³/mol. The fourth-order valence-electron chi connectivity index (χ4n) is 3.25. The van der Waals surface area contributed by atoms with E-state index >= 15 is 0 Å². The Morgan fingerprint density at radius 2 is 1.56 bits per heavy atom. The van der Waals surface area contributed by atoms with Crippen molar-refractivity contribution >= 4 is 5.97 Å². The number of hydrogen-bond donors (Lipinski definition) is 0. The lowest BCUT2D eigenvalue weighted by Crippen LogP contribution is -2.27. The van der Waals surface area contributed by atoms with E-state index in [9.17, 15) is 4.79 Å². The summed E-state index contributed by atoms with van der Waals surface area (Å²) >= 11 is 0. The molecule has 1 aromatic rings. The molecule has 0 fully saturated rings. The van der Waals surface area contributed by atoms with Crippen LogP contribution in [0.3, 0.4) is 0 Å². The van der Waals surface area contributed by atoms with E-state index in [1.807, 2.05) is 26.0 Å². The molecule has 0 saturated heterocycles. The van der Waals surface area contributed by atoms with Crippen LogP contribution in [0.1, 0.15) is 103 Å². The Hall–Kier alpha value is -1.35. The van der Waals surface area contributed by atoms with Gasteiger partial charge in [0.1, 0.15) is 0 Å². The molecule has 27 heavy (non-hydrogen) atoms. The molecule has 0 amide bonds. The third-order valence-corrected chi connectivity index (χ3v) is 6.04. The standard InChI is InChI=1S/C24H40O3/c1-9-21(26-12-4)27-22(25)19-15-13-18(14-16-19)20(24(7,8)11-3)17-23(5,6)10-2/h13-16,20-21H,9-12,17H2,1-8H3. The molecule has 1 aromatic carbocycles. The molecule has 0 radical (unpaired) electrons. The summed E-state index contributed by atoms with van der Waals surface area (Å²) in [6.45, 7) is 18.3. The molecular weight excluding hydrogens is 336 g/mol. The molecular formula is C24H40O3. The van der Waals surface area contributed by atoms with Crippen molar-refractivity contribution < 1.29 is 14.3 Å². The molecule has 3 nitrogen and oxygen atoms in total. The molecule has 154 valence electrons. The summed E-state index contributed by atoms with van der Waals surface area (Å²) in [5.74, 6) is 0.136. The zero-order chi connectivity index (χ0) is 20.7. The highest BCUT2D eigenvalue weighted by Crippen LogP contribution is 2.46. The smallest absolute Gasteiger partial charge is 0.340 e. The summed E-state index contributed by atoms with van der Waals surface area (Å²) in [5.41, 5.74) is 2.38. The SMILES string of the molecule is CCOC(CC)OC(=O)c1ccc(C(CC(C)(C)CC)C(C)(C)CC)cc1. The number of esters is 1. The van der Waals surface area contributed by atoms with Gasteiger partial charge in [-0.15, -0.1) is 0 Å². The lowest BCUT2D eigenvalue weighted by atomic mass is 9.66. The highest BCUT2D eigenvalue weighted by molar-refractivity contribution is 5.89. The fraction of sp³-hybridized carbons (Fsp3) is 0.708. The number of rotatable bonds is 11. The second-order valence-corrected chi connectivity index (χ2v) is 8.94. The van der Waals surface area contributed by atoms with Crippen molar-refractivity contribution in [3.05, 3.63) is 35.4 Å². The molecule has 0 aliphatic rings. The average Bonchev–Trinajstić information content (AvgIpc) is 2.65. The molecule has 0 heterocycles. The van der Waals surface area contributed by atoms with E-state index < -0.39 is 6.29 Å². The highest BCUT2D eigenvalue weighted by atomic mass is 16.7. The van der Waals surface area contributed by atoms with Crippen molar-refractivity contribution in [3.8, 4) is 0 Å². The summed E-state index contributed by atoms with van der Waals surface area (Å²) in [7, 11) is 0. The molecule has 0 N–H and O–H groups in total. The van der Waals surface area contributed by atoms with E-state index in [0.717, 1.165) is 19.3 Å². The van der Waals surface area contributed by atoms with Gasteiger partial charge in [0.15, 0.2) is 0 Å². The highest BCUT2D eigenvalue weighted by Gasteiger charge is 2.33. The van der Waals surface area contributed by atoms with Gasteiger partial charge >= 0.3 is 5.97 Å². The molecule has 3 heteroatoms. The van der Waals surface area contributed by atoms with Crippen molar-refractivity contribution in [3.63, 3.8) is 0 Å². The molecule has 0 saturated carbocycles. The Bertz CT molecular complexity index is 572. The minimum Gasteiger partial charge on any atom is -0.432 e. The van der Waals surface area contributed by atoms with E-state index in [1.165, 1.54) is 5.56 Å². The van der Waals surface area contributed by atoms with Crippen LogP contribution in [-0.4, -0.2) is 18.9 Å². The van der Waals surface area contributed by atoms with Crippen LogP contribution in [0.15, 0.2) is 24.3 Å². The lowest BCUT2D eigenvalue weighted by molar-refractivity contribution is -0.107. The Kier molecular flexibility index (Phi) is 9.01. The van der Waals surface area contributed by atoms with E-state index in [-0.39, 0.29) is 11.4 Å². The molecule has 0 bridgehead atoms. The average molecular weight is 377 g/mol. The number of carbonyl (C=O) groups excluding carboxylic acids is 1. The van der Waals surface area contributed by atoms with Crippen molar-refractivity contribution in [1.82, 2.24) is 0 Å². The van der Waals surface area contributed by atoms with Gasteiger partial charge in [-0.05, 0) is 47.8 Å². The summed E-state index contributed by atoms with van der Waals surface area (Å²) < 4.78 is 10.9. The van der Waals surface area contributed by atoms with Gasteiger partial charge in [-0.2, -0.15) is 0 Å². The second kappa shape index (κ2) is 10.3. The van der Waals surface area contributed by atoms with E-state index in [4.69, 9.17) is 9.47 Å². The van der Waals surface area contributed by atoms with Crippen LogP contribution in [-0.2, 0) is 9.47 Å². The fourth-order valence-corrected chi connectivity index (χ4v) is 3.25. The first-order valence-corrected chi connectivity index (χ1v) is 10.5. The Morgan fingerprint density at radius 3 is 2.00 bits per heavy atom. The first-order valence-electron chi connectivity index (χ1n) is 10.5. The van der Waals surface area contributed by atoms with Crippen LogP contribution >= 0.6 is 0 Å². The van der Waals surface area contributed by atoms with Gasteiger partial charge in [-0.3, -0.25) is 0 Å². The largest absolute Gasteiger partial charge is 0.432 e. The van der Waals surface area contributed by atoms with Crippen LogP contribution in [0, 0.1) is 10.8 Å². The lowest BCUT2D eigenvalue weighted by Gasteiger charge is -2.39. The third kappa shape index (κ3) is 6.95. The molecule has 0 aliphatic heterocycles. The maximum absolute atomic E-state index is 12.4. The number of hydrogen-bond acceptors (Lipinski definition) is 3. The quantitative estimate of drug-likeness (QED) is 0.309. The van der Waals surface area contributed by atoms with Gasteiger partial charge in [0.25, 0.3) is 0 Å². The van der Waals surface area contributed by atoms with Gasteiger partial charge in [-0.25, -0.2) is 4.79 Å². The molecule has 0 aliphatic carbocycles. The summed E-state index contributed by atoms with van der Waals surface area (Å²) in [5, 5.41) is 0. The van der Waals surface area contributed by atoms with Crippen LogP contribution in [0.25, 0.3) is 0 Å². The maximum atomic E-state index is 12.4. The van der Waals surface area contributed by atoms with Crippen molar-refractivity contribution in [1.29, 1.82) is 0 Å². The molecule has 1 rings (SSSR count). The van der Waals surface area contributed by atoms with E-state index in [2.05, 4.69) is 53.7 Å². The predicted octanol–water partition coefficient (Wildman–Crippen LogP) is 6.96. The number of carbonyl (C=O) groups is 1. The summed E-state index contributed by atoms with van der Waals surface area (Å²) in [4.78, 5) is 12.4. The van der Waals surface area contributed by atoms with Gasteiger partial charge in [-0.1, -0.05) is 73.4 Å². The van der Waals surface area contributed by atoms with Crippen LogP contribution < -0.4 is 0 Å². The van der Waals surface area contributed by atoms with Gasteiger partial charge < -0.3 is 9.47 Å². The van der Waals surface area contributed by atoms with Gasteiger partial charge in [0.05, 0.1) is 5.56 Å². The van der Waals surface area contributed by atoms with Crippen molar-refractivity contribution in [2.75, 3.05) is 6.61 Å². The Labute approximate surface area is 166 Å². The van der Waals surface area contributed by atoms with Gasteiger partial charge in [0, 0.05) is 13.0 Å². The first kappa shape index (κ1) is 23.7. The zero-order valence-corrected chi connectivity index (χ0v) is 18.7. The van der Waals surface area contributed by atoms with Crippen molar-refractivity contribution in [2.45, 2.75) is 93.3 Å². The van der Waals surface area contributed by atoms with Crippen LogP contribution in [0.2, 0.25) is 0 Å². The molecule has 2 atom stereocenters. The van der Waals surface area contributed by atoms with E-state index in [1.54, 1.807) is 0 Å². The van der Waals surface area contributed by atoms with Crippen LogP contribution in [0.4, 0.5) is 0 Å². The molecule has 0 aromatic heterocycles. The molecule has 2 unspecified atom stereocenters. The number of benzene rings is 1. The monoisotopic (exact) mass is 376 g/mol. The minimum atomic E-state index is -0.473. The van der Waals surface area contributed by atoms with E-state index in [0.29, 0.717) is 29.9 Å². The normalized spacial score (nSPS) is 14.7. The summed E-state index contributed by atoms with van der Waals surface area (Å²) in [6, 6.07) is 8.00. The third-order valence-electron chi connectivity index (χ3n) is 6.04. The first-order chi connectivity index (χ1) is 12.6. The minimum absolute atomic E-state index is 0.205. The van der Waals surface area contributed by atoms with Gasteiger partial charge in [0.2, 0.25) is 6.29 Å². The summed E-state index contributed by atoms with van der Waals surface area (Å²) in [6.07, 6.45) is 3.59. The Morgan fingerprint density at radius 1 is 0.963 bits per heavy atom. The second-order valence-electron chi connectivity index (χ2n) is 8.94. The Balaban J connectivity index is 3.02. The maximum Gasteiger partial charge on any atom is 0.340 e. The van der Waals surface area contributed by atoms with Crippen molar-refractivity contribution in [2.24, 2.45) is 10.8 Å². The zero-order valence-electron chi connectivity index (χ0n) is 18.7. The number of ether oxygens (including phenoxy) is 2. The van der Waals surface area contributed by atoms with Crippen LogP contribution in [0.5, 0.6) is 0 Å². The topological polar surface area (TPSA) is 35.5 Å².